The Bertz CT molecular complexity index is 696. The lowest BCUT2D eigenvalue weighted by molar-refractivity contribution is -0.121. The third-order valence-corrected chi connectivity index (χ3v) is 3.20. The van der Waals surface area contributed by atoms with E-state index in [0.29, 0.717) is 42.5 Å². The fraction of sp³-hybridized carbons (Fsp3) is 0.400. The summed E-state index contributed by atoms with van der Waals surface area (Å²) in [4.78, 5) is 16.0. The van der Waals surface area contributed by atoms with Crippen molar-refractivity contribution in [3.8, 4) is 6.07 Å². The van der Waals surface area contributed by atoms with Gasteiger partial charge in [0.25, 0.3) is 0 Å². The molecule has 6 nitrogen and oxygen atoms in total. The molecule has 0 saturated heterocycles. The van der Waals surface area contributed by atoms with Gasteiger partial charge in [0.1, 0.15) is 11.6 Å². The molecule has 0 saturated carbocycles. The molecule has 0 bridgehead atoms. The summed E-state index contributed by atoms with van der Waals surface area (Å²) >= 11 is 0. The third-order valence-electron chi connectivity index (χ3n) is 3.20. The van der Waals surface area contributed by atoms with Crippen molar-refractivity contribution in [1.82, 2.24) is 14.9 Å². The van der Waals surface area contributed by atoms with Crippen LogP contribution in [0.25, 0.3) is 11.0 Å². The number of benzene rings is 1. The lowest BCUT2D eigenvalue weighted by Crippen LogP contribution is -2.28. The monoisotopic (exact) mass is 285 g/mol. The van der Waals surface area contributed by atoms with Crippen molar-refractivity contribution in [3.05, 3.63) is 23.8 Å². The molecule has 6 heteroatoms. The molecule has 0 unspecified atom stereocenters. The Morgan fingerprint density at radius 3 is 2.95 bits per heavy atom. The van der Waals surface area contributed by atoms with Crippen LogP contribution in [0.4, 0.5) is 5.95 Å². The second-order valence-electron chi connectivity index (χ2n) is 5.35. The van der Waals surface area contributed by atoms with Crippen LogP contribution in [0.15, 0.2) is 18.2 Å². The van der Waals surface area contributed by atoms with Gasteiger partial charge in [0.15, 0.2) is 0 Å². The first-order valence-corrected chi connectivity index (χ1v) is 6.94. The van der Waals surface area contributed by atoms with E-state index in [-0.39, 0.29) is 5.91 Å². The lowest BCUT2D eigenvalue weighted by Gasteiger charge is -2.09. The molecular formula is C15H19N5O. The fourth-order valence-corrected chi connectivity index (χ4v) is 2.11. The Labute approximate surface area is 123 Å². The average molecular weight is 285 g/mol. The first-order valence-electron chi connectivity index (χ1n) is 6.94. The first-order chi connectivity index (χ1) is 10.0. The molecular weight excluding hydrogens is 266 g/mol. The van der Waals surface area contributed by atoms with Crippen LogP contribution in [0.5, 0.6) is 0 Å². The summed E-state index contributed by atoms with van der Waals surface area (Å²) in [6.07, 6.45) is 0.333. The molecule has 0 aliphatic carbocycles. The number of anilines is 1. The predicted molar refractivity (Wildman–Crippen MR) is 81.3 cm³/mol. The number of hydrogen-bond acceptors (Lipinski definition) is 4. The smallest absolute Gasteiger partial charge is 0.221 e. The molecule has 0 aliphatic heterocycles. The standard InChI is InChI=1S/C15H19N5O/c1-10(2)9-18-13(21)6-7-20-12-5-3-4-11(8-16)14(12)19-15(20)17/h3-5,10H,6-7,9H2,1-2H3,(H2,17,19)(H,18,21). The van der Waals surface area contributed by atoms with Gasteiger partial charge in [-0.05, 0) is 18.1 Å². The second kappa shape index (κ2) is 6.27. The predicted octanol–water partition coefficient (Wildman–Crippen LogP) is 1.65. The quantitative estimate of drug-likeness (QED) is 0.873. The van der Waals surface area contributed by atoms with Gasteiger partial charge in [0.05, 0.1) is 11.1 Å². The number of aromatic nitrogens is 2. The van der Waals surface area contributed by atoms with E-state index in [1.165, 1.54) is 0 Å². The number of nitrogens with zero attached hydrogens (tertiary/aromatic N) is 3. The number of nitrogens with two attached hydrogens (primary N) is 1. The Morgan fingerprint density at radius 2 is 2.29 bits per heavy atom. The molecule has 1 aromatic carbocycles. The number of para-hydroxylation sites is 1. The number of carbonyl (C=O) groups excluding carboxylic acids is 1. The summed E-state index contributed by atoms with van der Waals surface area (Å²) in [5, 5.41) is 11.9. The van der Waals surface area contributed by atoms with Gasteiger partial charge in [-0.25, -0.2) is 4.98 Å². The zero-order valence-corrected chi connectivity index (χ0v) is 12.3. The Hall–Kier alpha value is -2.55. The van der Waals surface area contributed by atoms with Crippen LogP contribution in [-0.2, 0) is 11.3 Å². The number of nitrogens with one attached hydrogen (secondary N) is 1. The van der Waals surface area contributed by atoms with Crippen molar-refractivity contribution in [2.45, 2.75) is 26.8 Å². The molecule has 0 radical (unpaired) electrons. The van der Waals surface area contributed by atoms with E-state index in [1.54, 1.807) is 16.7 Å². The van der Waals surface area contributed by atoms with Gasteiger partial charge in [-0.1, -0.05) is 19.9 Å². The van der Waals surface area contributed by atoms with Crippen molar-refractivity contribution in [1.29, 1.82) is 5.26 Å². The second-order valence-corrected chi connectivity index (χ2v) is 5.35. The van der Waals surface area contributed by atoms with Crippen LogP contribution >= 0.6 is 0 Å². The molecule has 3 N–H and O–H groups in total. The molecule has 21 heavy (non-hydrogen) atoms. The summed E-state index contributed by atoms with van der Waals surface area (Å²) in [5.41, 5.74) is 7.75. The Morgan fingerprint density at radius 1 is 1.52 bits per heavy atom. The van der Waals surface area contributed by atoms with E-state index >= 15 is 0 Å². The molecule has 2 aromatic rings. The summed E-state index contributed by atoms with van der Waals surface area (Å²) in [6.45, 7) is 5.20. The number of aryl methyl sites for hydroxylation is 1. The normalized spacial score (nSPS) is 10.8. The number of carbonyl (C=O) groups is 1. The number of nitrogen functional groups attached to an aromatic ring is 1. The minimum Gasteiger partial charge on any atom is -0.369 e. The Balaban J connectivity index is 2.14. The molecule has 0 atom stereocenters. The van der Waals surface area contributed by atoms with Crippen molar-refractivity contribution in [2.24, 2.45) is 5.92 Å². The highest BCUT2D eigenvalue weighted by molar-refractivity contribution is 5.84. The van der Waals surface area contributed by atoms with Crippen molar-refractivity contribution in [3.63, 3.8) is 0 Å². The van der Waals surface area contributed by atoms with Gasteiger partial charge in [0, 0.05) is 19.5 Å². The van der Waals surface area contributed by atoms with E-state index in [4.69, 9.17) is 11.0 Å². The van der Waals surface area contributed by atoms with Crippen molar-refractivity contribution in [2.75, 3.05) is 12.3 Å². The molecule has 110 valence electrons. The van der Waals surface area contributed by atoms with E-state index in [0.717, 1.165) is 5.52 Å². The maximum Gasteiger partial charge on any atom is 0.221 e. The molecule has 0 aliphatic rings. The highest BCUT2D eigenvalue weighted by atomic mass is 16.1. The number of rotatable bonds is 5. The summed E-state index contributed by atoms with van der Waals surface area (Å²) in [7, 11) is 0. The number of nitriles is 1. The molecule has 1 aromatic heterocycles. The van der Waals surface area contributed by atoms with E-state index in [2.05, 4.69) is 16.4 Å². The third kappa shape index (κ3) is 3.31. The average Bonchev–Trinajstić information content (AvgIpc) is 2.78. The number of fused-ring (bicyclic) bond motifs is 1. The van der Waals surface area contributed by atoms with Crippen LogP contribution in [0, 0.1) is 17.2 Å². The molecule has 1 heterocycles. The summed E-state index contributed by atoms with van der Waals surface area (Å²) < 4.78 is 1.77. The fourth-order valence-electron chi connectivity index (χ4n) is 2.11. The van der Waals surface area contributed by atoms with Crippen LogP contribution < -0.4 is 11.1 Å². The first kappa shape index (κ1) is 14.9. The van der Waals surface area contributed by atoms with Crippen LogP contribution in [0.2, 0.25) is 0 Å². The van der Waals surface area contributed by atoms with Gasteiger partial charge in [-0.2, -0.15) is 5.26 Å². The lowest BCUT2D eigenvalue weighted by atomic mass is 10.2. The van der Waals surface area contributed by atoms with E-state index in [1.807, 2.05) is 19.9 Å². The molecule has 2 rings (SSSR count). The van der Waals surface area contributed by atoms with Crippen LogP contribution in [0.3, 0.4) is 0 Å². The molecule has 0 fully saturated rings. The van der Waals surface area contributed by atoms with Gasteiger partial charge < -0.3 is 15.6 Å². The summed E-state index contributed by atoms with van der Waals surface area (Å²) in [6, 6.07) is 7.44. The maximum absolute atomic E-state index is 11.8. The maximum atomic E-state index is 11.8. The summed E-state index contributed by atoms with van der Waals surface area (Å²) in [5.74, 6) is 0.733. The van der Waals surface area contributed by atoms with E-state index in [9.17, 15) is 4.79 Å². The van der Waals surface area contributed by atoms with Crippen LogP contribution in [-0.4, -0.2) is 22.0 Å². The topological polar surface area (TPSA) is 96.7 Å². The molecule has 1 amide bonds. The number of amides is 1. The number of hydrogen-bond donors (Lipinski definition) is 2. The van der Waals surface area contributed by atoms with E-state index < -0.39 is 0 Å². The number of imidazole rings is 1. The van der Waals surface area contributed by atoms with Gasteiger partial charge in [-0.15, -0.1) is 0 Å². The minimum atomic E-state index is -0.0126. The van der Waals surface area contributed by atoms with Gasteiger partial charge in [0.2, 0.25) is 11.9 Å². The van der Waals surface area contributed by atoms with Crippen molar-refractivity contribution < 1.29 is 4.79 Å². The minimum absolute atomic E-state index is 0.0126. The zero-order chi connectivity index (χ0) is 15.4. The van der Waals surface area contributed by atoms with Gasteiger partial charge >= 0.3 is 0 Å². The van der Waals surface area contributed by atoms with Gasteiger partial charge in [-0.3, -0.25) is 4.79 Å². The highest BCUT2D eigenvalue weighted by Crippen LogP contribution is 2.21. The van der Waals surface area contributed by atoms with Crippen molar-refractivity contribution >= 4 is 22.9 Å². The zero-order valence-electron chi connectivity index (χ0n) is 12.3. The Kier molecular flexibility index (Phi) is 4.43. The molecule has 0 spiro atoms. The SMILES string of the molecule is CC(C)CNC(=O)CCn1c(N)nc2c(C#N)cccc21. The largest absolute Gasteiger partial charge is 0.369 e. The van der Waals surface area contributed by atoms with Crippen LogP contribution in [0.1, 0.15) is 25.8 Å². The highest BCUT2D eigenvalue weighted by Gasteiger charge is 2.12.